The zero-order valence-electron chi connectivity index (χ0n) is 14.1. The molecule has 0 radical (unpaired) electrons. The Morgan fingerprint density at radius 2 is 2.19 bits per heavy atom. The fourth-order valence-corrected chi connectivity index (χ4v) is 4.26. The summed E-state index contributed by atoms with van der Waals surface area (Å²) in [6, 6.07) is 3.56. The smallest absolute Gasteiger partial charge is 0.340 e. The molecule has 136 valence electrons. The predicted molar refractivity (Wildman–Crippen MR) is 104 cm³/mol. The lowest BCUT2D eigenvalue weighted by Gasteiger charge is -2.03. The molecular formula is C17H16ClN3O3S2. The zero-order chi connectivity index (χ0) is 18.7. The molecule has 0 fully saturated rings. The molecule has 0 saturated carbocycles. The number of amides is 1. The van der Waals surface area contributed by atoms with Crippen LogP contribution >= 0.6 is 34.3 Å². The van der Waals surface area contributed by atoms with Crippen LogP contribution in [0.2, 0.25) is 5.02 Å². The van der Waals surface area contributed by atoms with Crippen molar-refractivity contribution in [2.75, 3.05) is 12.4 Å². The van der Waals surface area contributed by atoms with Crippen molar-refractivity contribution >= 4 is 51.2 Å². The number of rotatable bonds is 6. The van der Waals surface area contributed by atoms with Crippen LogP contribution < -0.4 is 5.32 Å². The van der Waals surface area contributed by atoms with Gasteiger partial charge in [-0.3, -0.25) is 9.48 Å². The first-order chi connectivity index (χ1) is 12.5. The molecule has 0 aliphatic rings. The number of nitrogens with zero attached hydrogens (tertiary/aromatic N) is 2. The molecule has 0 aliphatic carbocycles. The summed E-state index contributed by atoms with van der Waals surface area (Å²) in [5.41, 5.74) is 1.33. The Hall–Kier alpha value is -2.16. The van der Waals surface area contributed by atoms with E-state index in [1.54, 1.807) is 23.1 Å². The van der Waals surface area contributed by atoms with E-state index in [0.717, 1.165) is 16.9 Å². The number of carbonyl (C=O) groups excluding carboxylic acids is 2. The Morgan fingerprint density at radius 3 is 2.85 bits per heavy atom. The van der Waals surface area contributed by atoms with Gasteiger partial charge in [0.2, 0.25) is 0 Å². The van der Waals surface area contributed by atoms with Gasteiger partial charge in [0.15, 0.2) is 0 Å². The highest BCUT2D eigenvalue weighted by molar-refractivity contribution is 7.17. The molecule has 9 heteroatoms. The van der Waals surface area contributed by atoms with E-state index < -0.39 is 5.97 Å². The monoisotopic (exact) mass is 409 g/mol. The first-order valence-electron chi connectivity index (χ1n) is 7.78. The molecule has 0 unspecified atom stereocenters. The second kappa shape index (κ2) is 8.03. The molecule has 0 saturated heterocycles. The zero-order valence-corrected chi connectivity index (χ0v) is 16.5. The van der Waals surface area contributed by atoms with E-state index in [-0.39, 0.29) is 5.91 Å². The molecular weight excluding hydrogens is 394 g/mol. The summed E-state index contributed by atoms with van der Waals surface area (Å²) in [5, 5.41) is 9.92. The van der Waals surface area contributed by atoms with Crippen molar-refractivity contribution in [2.24, 2.45) is 0 Å². The van der Waals surface area contributed by atoms with Gasteiger partial charge in [-0.2, -0.15) is 5.10 Å². The van der Waals surface area contributed by atoms with Crippen molar-refractivity contribution in [3.63, 3.8) is 0 Å². The molecule has 0 bridgehead atoms. The Kier molecular flexibility index (Phi) is 5.75. The topological polar surface area (TPSA) is 73.2 Å². The number of ether oxygens (including phenoxy) is 1. The number of methoxy groups -OCH3 is 1. The van der Waals surface area contributed by atoms with E-state index in [1.165, 1.54) is 29.8 Å². The molecule has 6 nitrogen and oxygen atoms in total. The van der Waals surface area contributed by atoms with Crippen molar-refractivity contribution in [2.45, 2.75) is 19.9 Å². The maximum Gasteiger partial charge on any atom is 0.340 e. The molecule has 0 spiro atoms. The van der Waals surface area contributed by atoms with Crippen molar-refractivity contribution in [1.82, 2.24) is 9.78 Å². The lowest BCUT2D eigenvalue weighted by Crippen LogP contribution is -2.12. The van der Waals surface area contributed by atoms with Crippen molar-refractivity contribution in [3.05, 3.63) is 55.8 Å². The number of thiophene rings is 2. The van der Waals surface area contributed by atoms with Crippen LogP contribution in [0.4, 0.5) is 5.00 Å². The molecule has 0 aromatic carbocycles. The average Bonchev–Trinajstić information content (AvgIpc) is 3.35. The Bertz CT molecular complexity index is 945. The van der Waals surface area contributed by atoms with Crippen LogP contribution in [0.3, 0.4) is 0 Å². The summed E-state index contributed by atoms with van der Waals surface area (Å²) < 4.78 is 6.50. The maximum atomic E-state index is 12.6. The highest BCUT2D eigenvalue weighted by atomic mass is 35.5. The Morgan fingerprint density at radius 1 is 1.38 bits per heavy atom. The normalized spacial score (nSPS) is 10.7. The van der Waals surface area contributed by atoms with Crippen LogP contribution in [-0.2, 0) is 17.7 Å². The minimum Gasteiger partial charge on any atom is -0.465 e. The van der Waals surface area contributed by atoms with Gasteiger partial charge in [-0.25, -0.2) is 4.79 Å². The van der Waals surface area contributed by atoms with Crippen LogP contribution in [0, 0.1) is 0 Å². The first-order valence-corrected chi connectivity index (χ1v) is 9.85. The highest BCUT2D eigenvalue weighted by Crippen LogP contribution is 2.30. The summed E-state index contributed by atoms with van der Waals surface area (Å²) in [6.45, 7) is 2.52. The molecule has 1 N–H and O–H groups in total. The van der Waals surface area contributed by atoms with Gasteiger partial charge < -0.3 is 10.1 Å². The van der Waals surface area contributed by atoms with Gasteiger partial charge in [0.05, 0.1) is 35.3 Å². The molecule has 1 amide bonds. The quantitative estimate of drug-likeness (QED) is 0.615. The van der Waals surface area contributed by atoms with Crippen LogP contribution in [0.1, 0.15) is 37.4 Å². The van der Waals surface area contributed by atoms with Crippen LogP contribution in [0.15, 0.2) is 29.9 Å². The van der Waals surface area contributed by atoms with Gasteiger partial charge in [-0.05, 0) is 29.5 Å². The van der Waals surface area contributed by atoms with Crippen LogP contribution in [0.5, 0.6) is 0 Å². The molecule has 3 heterocycles. The molecule has 3 rings (SSSR count). The highest BCUT2D eigenvalue weighted by Gasteiger charge is 2.19. The maximum absolute atomic E-state index is 12.6. The van der Waals surface area contributed by atoms with Gasteiger partial charge in [-0.15, -0.1) is 22.7 Å². The number of carbonyl (C=O) groups is 2. The Labute approximate surface area is 163 Å². The number of esters is 1. The summed E-state index contributed by atoms with van der Waals surface area (Å²) in [7, 11) is 1.32. The number of anilines is 1. The van der Waals surface area contributed by atoms with E-state index in [0.29, 0.717) is 27.0 Å². The van der Waals surface area contributed by atoms with Gasteiger partial charge in [0.1, 0.15) is 5.00 Å². The van der Waals surface area contributed by atoms with Crippen molar-refractivity contribution in [1.29, 1.82) is 0 Å². The standard InChI is InChI=1S/C17H16ClN3O3S2/c1-3-12-5-13(17(23)24-2)16(26-12)20-15(22)14-4-10(9-25-14)7-21-8-11(18)6-19-21/h4-6,8-9H,3,7H2,1-2H3,(H,20,22). The number of halogens is 1. The number of hydrogen-bond acceptors (Lipinski definition) is 6. The average molecular weight is 410 g/mol. The summed E-state index contributed by atoms with van der Waals surface area (Å²) in [6.07, 6.45) is 4.07. The van der Waals surface area contributed by atoms with Gasteiger partial charge in [0.25, 0.3) is 5.91 Å². The van der Waals surface area contributed by atoms with Gasteiger partial charge in [-0.1, -0.05) is 18.5 Å². The second-order valence-corrected chi connectivity index (χ2v) is 7.91. The molecule has 3 aromatic heterocycles. The van der Waals surface area contributed by atoms with E-state index >= 15 is 0 Å². The SMILES string of the molecule is CCc1cc(C(=O)OC)c(NC(=O)c2cc(Cn3cc(Cl)cn3)cs2)s1. The van der Waals surface area contributed by atoms with E-state index in [4.69, 9.17) is 16.3 Å². The second-order valence-electron chi connectivity index (χ2n) is 5.43. The first kappa shape index (κ1) is 18.6. The minimum atomic E-state index is -0.460. The lowest BCUT2D eigenvalue weighted by atomic mass is 10.2. The molecule has 0 aliphatic heterocycles. The molecule has 3 aromatic rings. The van der Waals surface area contributed by atoms with Gasteiger partial charge in [0, 0.05) is 11.1 Å². The van der Waals surface area contributed by atoms with E-state index in [2.05, 4.69) is 10.4 Å². The van der Waals surface area contributed by atoms with Gasteiger partial charge >= 0.3 is 5.97 Å². The fraction of sp³-hybridized carbons (Fsp3) is 0.235. The third-order valence-corrected chi connectivity index (χ3v) is 5.96. The number of nitrogens with one attached hydrogen (secondary N) is 1. The minimum absolute atomic E-state index is 0.255. The van der Waals surface area contributed by atoms with E-state index in [1.807, 2.05) is 18.4 Å². The molecule has 0 atom stereocenters. The van der Waals surface area contributed by atoms with Crippen LogP contribution in [0.25, 0.3) is 0 Å². The Balaban J connectivity index is 1.74. The largest absolute Gasteiger partial charge is 0.465 e. The lowest BCUT2D eigenvalue weighted by molar-refractivity contribution is 0.0602. The van der Waals surface area contributed by atoms with Crippen LogP contribution in [-0.4, -0.2) is 28.8 Å². The third-order valence-electron chi connectivity index (χ3n) is 3.59. The molecule has 26 heavy (non-hydrogen) atoms. The van der Waals surface area contributed by atoms with Crippen molar-refractivity contribution < 1.29 is 14.3 Å². The summed E-state index contributed by atoms with van der Waals surface area (Å²) in [5.74, 6) is -0.715. The predicted octanol–water partition coefficient (Wildman–Crippen LogP) is 4.31. The fourth-order valence-electron chi connectivity index (χ4n) is 2.32. The summed E-state index contributed by atoms with van der Waals surface area (Å²) >= 11 is 8.58. The van der Waals surface area contributed by atoms with Crippen molar-refractivity contribution in [3.8, 4) is 0 Å². The number of aryl methyl sites for hydroxylation is 1. The summed E-state index contributed by atoms with van der Waals surface area (Å²) in [4.78, 5) is 26.0. The third kappa shape index (κ3) is 4.14. The van der Waals surface area contributed by atoms with E-state index in [9.17, 15) is 9.59 Å². The number of aromatic nitrogens is 2. The number of hydrogen-bond donors (Lipinski definition) is 1.